The number of ketones is 1. The van der Waals surface area contributed by atoms with Gasteiger partial charge in [-0.3, -0.25) is 4.79 Å². The molecular formula is C10H11O. The van der Waals surface area contributed by atoms with Crippen LogP contribution >= 0.6 is 0 Å². The highest BCUT2D eigenvalue weighted by molar-refractivity contribution is 5.96. The molecule has 1 nitrogen and oxygen atoms in total. The third kappa shape index (κ3) is 2.19. The Labute approximate surface area is 67.1 Å². The van der Waals surface area contributed by atoms with Crippen LogP contribution in [-0.4, -0.2) is 5.78 Å². The van der Waals surface area contributed by atoms with E-state index in [1.807, 2.05) is 37.6 Å². The van der Waals surface area contributed by atoms with Crippen LogP contribution in [0.15, 0.2) is 35.5 Å². The third-order valence-corrected chi connectivity index (χ3v) is 1.57. The van der Waals surface area contributed by atoms with Gasteiger partial charge in [0.05, 0.1) is 0 Å². The van der Waals surface area contributed by atoms with Crippen LogP contribution in [0, 0.1) is 6.42 Å². The monoisotopic (exact) mass is 147 g/mol. The molecule has 11 heavy (non-hydrogen) atoms. The van der Waals surface area contributed by atoms with E-state index in [9.17, 15) is 4.79 Å². The number of hydrogen-bond acceptors (Lipinski definition) is 1. The molecule has 1 heteroatoms. The Morgan fingerprint density at radius 2 is 2.09 bits per heavy atom. The molecule has 57 valence electrons. The van der Waals surface area contributed by atoms with Gasteiger partial charge >= 0.3 is 0 Å². The zero-order chi connectivity index (χ0) is 8.27. The highest BCUT2D eigenvalue weighted by Gasteiger charge is 2.02. The summed E-state index contributed by atoms with van der Waals surface area (Å²) in [6.45, 7) is 3.58. The molecule has 0 bridgehead atoms. The topological polar surface area (TPSA) is 17.1 Å². The highest BCUT2D eigenvalue weighted by atomic mass is 16.1. The number of rotatable bonds is 1. The van der Waals surface area contributed by atoms with Crippen LogP contribution in [-0.2, 0) is 4.79 Å². The molecule has 0 aromatic rings. The van der Waals surface area contributed by atoms with Crippen molar-refractivity contribution < 1.29 is 4.79 Å². The lowest BCUT2D eigenvalue weighted by molar-refractivity contribution is -0.113. The van der Waals surface area contributed by atoms with E-state index >= 15 is 0 Å². The Hall–Kier alpha value is -1.11. The minimum Gasteiger partial charge on any atom is -0.295 e. The Kier molecular flexibility index (Phi) is 2.42. The molecular weight excluding hydrogens is 136 g/mol. The fourth-order valence-electron chi connectivity index (χ4n) is 0.871. The zero-order valence-corrected chi connectivity index (χ0v) is 6.79. The smallest absolute Gasteiger partial charge is 0.156 e. The van der Waals surface area contributed by atoms with E-state index in [1.54, 1.807) is 6.92 Å². The second-order valence-electron chi connectivity index (χ2n) is 2.61. The van der Waals surface area contributed by atoms with Crippen LogP contribution in [0.25, 0.3) is 0 Å². The first-order valence-electron chi connectivity index (χ1n) is 3.61. The predicted molar refractivity (Wildman–Crippen MR) is 46.0 cm³/mol. The maximum Gasteiger partial charge on any atom is 0.156 e. The molecule has 1 aliphatic carbocycles. The zero-order valence-electron chi connectivity index (χ0n) is 6.79. The van der Waals surface area contributed by atoms with Crippen LogP contribution in [0.1, 0.15) is 13.8 Å². The molecule has 1 rings (SSSR count). The molecule has 0 N–H and O–H groups in total. The molecule has 0 heterocycles. The molecule has 0 spiro atoms. The summed E-state index contributed by atoms with van der Waals surface area (Å²) >= 11 is 0. The quantitative estimate of drug-likeness (QED) is 0.555. The number of carbonyl (C=O) groups excluding carboxylic acids is 1. The first-order valence-corrected chi connectivity index (χ1v) is 3.61. The lowest BCUT2D eigenvalue weighted by Crippen LogP contribution is -1.94. The molecule has 1 radical (unpaired) electrons. The van der Waals surface area contributed by atoms with Gasteiger partial charge in [-0.25, -0.2) is 0 Å². The number of Topliss-reactive ketones (excluding diaryl/α,β-unsaturated/α-hetero) is 1. The van der Waals surface area contributed by atoms with Crippen molar-refractivity contribution in [3.05, 3.63) is 41.9 Å². The normalized spacial score (nSPS) is 16.9. The van der Waals surface area contributed by atoms with Crippen molar-refractivity contribution in [2.24, 2.45) is 0 Å². The summed E-state index contributed by atoms with van der Waals surface area (Å²) in [5.74, 6) is 0.112. The molecule has 0 aromatic heterocycles. The average Bonchev–Trinajstić information content (AvgIpc) is 2.13. The van der Waals surface area contributed by atoms with Crippen molar-refractivity contribution in [3.8, 4) is 0 Å². The van der Waals surface area contributed by atoms with E-state index in [0.717, 1.165) is 11.1 Å². The highest BCUT2D eigenvalue weighted by Crippen LogP contribution is 2.10. The van der Waals surface area contributed by atoms with Gasteiger partial charge in [-0.15, -0.1) is 0 Å². The van der Waals surface area contributed by atoms with Crippen molar-refractivity contribution in [1.82, 2.24) is 0 Å². The van der Waals surface area contributed by atoms with Gasteiger partial charge in [0, 0.05) is 12.0 Å². The van der Waals surface area contributed by atoms with Crippen molar-refractivity contribution >= 4 is 5.78 Å². The van der Waals surface area contributed by atoms with Gasteiger partial charge in [0.15, 0.2) is 5.78 Å². The van der Waals surface area contributed by atoms with Crippen molar-refractivity contribution in [2.45, 2.75) is 13.8 Å². The molecule has 0 saturated heterocycles. The van der Waals surface area contributed by atoms with Crippen molar-refractivity contribution in [1.29, 1.82) is 0 Å². The summed E-state index contributed by atoms with van der Waals surface area (Å²) in [5.41, 5.74) is 1.93. The molecule has 0 aromatic carbocycles. The van der Waals surface area contributed by atoms with Crippen LogP contribution in [0.2, 0.25) is 0 Å². The molecule has 0 amide bonds. The minimum absolute atomic E-state index is 0.112. The van der Waals surface area contributed by atoms with Gasteiger partial charge in [0.1, 0.15) is 0 Å². The summed E-state index contributed by atoms with van der Waals surface area (Å²) in [4.78, 5) is 10.9. The van der Waals surface area contributed by atoms with E-state index in [4.69, 9.17) is 0 Å². The second kappa shape index (κ2) is 3.33. The molecule has 0 atom stereocenters. The van der Waals surface area contributed by atoms with Crippen LogP contribution < -0.4 is 0 Å². The number of carbonyl (C=O) groups is 1. The van der Waals surface area contributed by atoms with Crippen molar-refractivity contribution in [3.63, 3.8) is 0 Å². The van der Waals surface area contributed by atoms with Gasteiger partial charge in [-0.2, -0.15) is 0 Å². The lowest BCUT2D eigenvalue weighted by atomic mass is 10.1. The van der Waals surface area contributed by atoms with Gasteiger partial charge in [-0.1, -0.05) is 29.9 Å². The first-order chi connectivity index (χ1) is 5.20. The summed E-state index contributed by atoms with van der Waals surface area (Å²) in [6.07, 6.45) is 9.49. The molecule has 0 saturated carbocycles. The number of hydrogen-bond donors (Lipinski definition) is 0. The Morgan fingerprint density at radius 3 is 2.73 bits per heavy atom. The van der Waals surface area contributed by atoms with Gasteiger partial charge in [-0.05, 0) is 13.8 Å². The maximum absolute atomic E-state index is 10.9. The first kappa shape index (κ1) is 7.99. The van der Waals surface area contributed by atoms with Crippen molar-refractivity contribution in [2.75, 3.05) is 0 Å². The largest absolute Gasteiger partial charge is 0.295 e. The van der Waals surface area contributed by atoms with E-state index < -0.39 is 0 Å². The Bertz CT molecular complexity index is 251. The lowest BCUT2D eigenvalue weighted by Gasteiger charge is -1.94. The van der Waals surface area contributed by atoms with E-state index in [-0.39, 0.29) is 5.78 Å². The Morgan fingerprint density at radius 1 is 1.36 bits per heavy atom. The predicted octanol–water partition coefficient (Wildman–Crippen LogP) is 2.22. The molecule has 0 unspecified atom stereocenters. The van der Waals surface area contributed by atoms with E-state index in [1.165, 1.54) is 0 Å². The minimum atomic E-state index is 0.112. The second-order valence-corrected chi connectivity index (χ2v) is 2.61. The number of allylic oxidation sites excluding steroid dienone is 6. The standard InChI is InChI=1S/C10H11O/c1-8-4-3-5-10(7-6-8)9(2)11/h3-7H,1-2H3. The third-order valence-electron chi connectivity index (χ3n) is 1.57. The van der Waals surface area contributed by atoms with Gasteiger partial charge < -0.3 is 0 Å². The van der Waals surface area contributed by atoms with E-state index in [0.29, 0.717) is 0 Å². The van der Waals surface area contributed by atoms with Crippen LogP contribution in [0.3, 0.4) is 0 Å². The fraction of sp³-hybridized carbons (Fsp3) is 0.200. The molecule has 1 aliphatic rings. The SMILES string of the molecule is CC(=O)C1=CC=CC(C)=C[CH]1. The van der Waals surface area contributed by atoms with E-state index in [2.05, 4.69) is 0 Å². The van der Waals surface area contributed by atoms with Gasteiger partial charge in [0.2, 0.25) is 0 Å². The summed E-state index contributed by atoms with van der Waals surface area (Å²) < 4.78 is 0. The van der Waals surface area contributed by atoms with Gasteiger partial charge in [0.25, 0.3) is 0 Å². The Balaban J connectivity index is 2.82. The summed E-state index contributed by atoms with van der Waals surface area (Å²) in [7, 11) is 0. The maximum atomic E-state index is 10.9. The molecule has 0 fully saturated rings. The van der Waals surface area contributed by atoms with Crippen LogP contribution in [0.4, 0.5) is 0 Å². The summed E-state index contributed by atoms with van der Waals surface area (Å²) in [5, 5.41) is 0. The fourth-order valence-corrected chi connectivity index (χ4v) is 0.871. The summed E-state index contributed by atoms with van der Waals surface area (Å²) in [6, 6.07) is 0. The average molecular weight is 147 g/mol. The van der Waals surface area contributed by atoms with Crippen LogP contribution in [0.5, 0.6) is 0 Å². The molecule has 0 aliphatic heterocycles.